The van der Waals surface area contributed by atoms with Gasteiger partial charge in [-0.1, -0.05) is 74.1 Å². The molecule has 7 nitrogen and oxygen atoms in total. The minimum Gasteiger partial charge on any atom is -0.293 e. The predicted molar refractivity (Wildman–Crippen MR) is 156 cm³/mol. The lowest BCUT2D eigenvalue weighted by atomic mass is 10.1. The SMILES string of the molecule is CCCN1C(=O)C(=Cc2cn(-c3ccccc3)nc2-c2cccc(S(=O)(=O)N3CCCCCC3)c2)SC1=S. The van der Waals surface area contributed by atoms with Gasteiger partial charge in [0.1, 0.15) is 10.0 Å². The summed E-state index contributed by atoms with van der Waals surface area (Å²) in [6, 6.07) is 16.6. The highest BCUT2D eigenvalue weighted by molar-refractivity contribution is 8.26. The highest BCUT2D eigenvalue weighted by Gasteiger charge is 2.32. The van der Waals surface area contributed by atoms with Gasteiger partial charge in [0.15, 0.2) is 0 Å². The summed E-state index contributed by atoms with van der Waals surface area (Å²) in [7, 11) is -3.62. The fourth-order valence-corrected chi connectivity index (χ4v) is 7.59. The van der Waals surface area contributed by atoms with E-state index in [1.54, 1.807) is 32.1 Å². The average molecular weight is 567 g/mol. The third kappa shape index (κ3) is 5.49. The number of hydrogen-bond acceptors (Lipinski definition) is 6. The number of carbonyl (C=O) groups is 1. The molecule has 0 unspecified atom stereocenters. The summed E-state index contributed by atoms with van der Waals surface area (Å²) < 4.78 is 30.9. The highest BCUT2D eigenvalue weighted by atomic mass is 32.2. The molecular weight excluding hydrogens is 537 g/mol. The molecule has 2 saturated heterocycles. The third-order valence-electron chi connectivity index (χ3n) is 6.68. The lowest BCUT2D eigenvalue weighted by Crippen LogP contribution is -2.31. The largest absolute Gasteiger partial charge is 0.293 e. The second-order valence-corrected chi connectivity index (χ2v) is 13.0. The molecule has 3 aromatic rings. The lowest BCUT2D eigenvalue weighted by Gasteiger charge is -2.20. The van der Waals surface area contributed by atoms with Crippen molar-refractivity contribution < 1.29 is 13.2 Å². The van der Waals surface area contributed by atoms with Crippen molar-refractivity contribution in [2.45, 2.75) is 43.9 Å². The standard InChI is InChI=1S/C28H30N4O3S3/c1-2-15-31-27(33)25(37-28(31)36)19-22-20-32(23-12-6-5-7-13-23)29-26(22)21-11-10-14-24(18-21)38(34,35)30-16-8-3-4-9-17-30/h5-7,10-14,18-20H,2-4,8-9,15-17H2,1H3. The zero-order chi connectivity index (χ0) is 26.7. The number of sulfonamides is 1. The number of carbonyl (C=O) groups excluding carboxylic acids is 1. The van der Waals surface area contributed by atoms with E-state index in [9.17, 15) is 13.2 Å². The number of rotatable bonds is 7. The number of thiocarbonyl (C=S) groups is 1. The number of amides is 1. The maximum absolute atomic E-state index is 13.5. The maximum Gasteiger partial charge on any atom is 0.266 e. The van der Waals surface area contributed by atoms with Crippen molar-refractivity contribution in [2.75, 3.05) is 19.6 Å². The van der Waals surface area contributed by atoms with E-state index in [1.165, 1.54) is 11.8 Å². The summed E-state index contributed by atoms with van der Waals surface area (Å²) in [5, 5.41) is 4.84. The van der Waals surface area contributed by atoms with E-state index in [-0.39, 0.29) is 10.8 Å². The Morgan fingerprint density at radius 1 is 1.03 bits per heavy atom. The van der Waals surface area contributed by atoms with Gasteiger partial charge in [-0.15, -0.1) is 0 Å². The Morgan fingerprint density at radius 2 is 1.76 bits per heavy atom. The maximum atomic E-state index is 13.5. The van der Waals surface area contributed by atoms with Gasteiger partial charge in [0.05, 0.1) is 15.5 Å². The summed E-state index contributed by atoms with van der Waals surface area (Å²) in [5.41, 5.74) is 2.85. The van der Waals surface area contributed by atoms with Crippen molar-refractivity contribution in [3.05, 3.63) is 71.3 Å². The molecule has 0 radical (unpaired) electrons. The van der Waals surface area contributed by atoms with Crippen LogP contribution in [0.25, 0.3) is 23.0 Å². The van der Waals surface area contributed by atoms with E-state index < -0.39 is 10.0 Å². The molecule has 0 atom stereocenters. The molecule has 1 aromatic heterocycles. The number of nitrogens with zero attached hydrogens (tertiary/aromatic N) is 4. The molecule has 2 aliphatic heterocycles. The molecule has 0 spiro atoms. The number of thioether (sulfide) groups is 1. The van der Waals surface area contributed by atoms with Crippen molar-refractivity contribution in [1.82, 2.24) is 19.0 Å². The molecule has 198 valence electrons. The quantitative estimate of drug-likeness (QED) is 0.269. The molecule has 0 bridgehead atoms. The van der Waals surface area contributed by atoms with Crippen LogP contribution in [-0.4, -0.2) is 57.3 Å². The second-order valence-electron chi connectivity index (χ2n) is 9.39. The number of aromatic nitrogens is 2. The Morgan fingerprint density at radius 3 is 2.47 bits per heavy atom. The summed E-state index contributed by atoms with van der Waals surface area (Å²) in [6.45, 7) is 3.67. The number of hydrogen-bond donors (Lipinski definition) is 0. The number of para-hydroxylation sites is 1. The van der Waals surface area contributed by atoms with Crippen molar-refractivity contribution in [1.29, 1.82) is 0 Å². The lowest BCUT2D eigenvalue weighted by molar-refractivity contribution is -0.122. The van der Waals surface area contributed by atoms with Crippen LogP contribution in [0, 0.1) is 0 Å². The van der Waals surface area contributed by atoms with Gasteiger partial charge in [-0.25, -0.2) is 13.1 Å². The Bertz CT molecular complexity index is 1470. The molecule has 1 amide bonds. The van der Waals surface area contributed by atoms with E-state index >= 15 is 0 Å². The highest BCUT2D eigenvalue weighted by Crippen LogP contribution is 2.35. The van der Waals surface area contributed by atoms with Crippen molar-refractivity contribution in [3.63, 3.8) is 0 Å². The Balaban J connectivity index is 1.57. The molecule has 2 aliphatic rings. The van der Waals surface area contributed by atoms with Crippen LogP contribution in [-0.2, 0) is 14.8 Å². The minimum absolute atomic E-state index is 0.113. The molecule has 2 aromatic carbocycles. The van der Waals surface area contributed by atoms with Gasteiger partial charge in [0.25, 0.3) is 5.91 Å². The molecule has 0 saturated carbocycles. The molecule has 0 aliphatic carbocycles. The Hall–Kier alpha value is -2.79. The van der Waals surface area contributed by atoms with Crippen molar-refractivity contribution in [2.24, 2.45) is 0 Å². The van der Waals surface area contributed by atoms with Gasteiger partial charge in [-0.2, -0.15) is 9.40 Å². The molecule has 5 rings (SSSR count). The smallest absolute Gasteiger partial charge is 0.266 e. The second kappa shape index (κ2) is 11.5. The number of benzene rings is 2. The fraction of sp³-hybridized carbons (Fsp3) is 0.321. The van der Waals surface area contributed by atoms with Crippen molar-refractivity contribution in [3.8, 4) is 16.9 Å². The molecule has 38 heavy (non-hydrogen) atoms. The van der Waals surface area contributed by atoms with Crippen LogP contribution < -0.4 is 0 Å². The van der Waals surface area contributed by atoms with E-state index in [0.717, 1.165) is 43.4 Å². The average Bonchev–Trinajstić information content (AvgIpc) is 3.31. The van der Waals surface area contributed by atoms with Gasteiger partial charge < -0.3 is 0 Å². The molecule has 0 N–H and O–H groups in total. The summed E-state index contributed by atoms with van der Waals surface area (Å²) in [6.07, 6.45) is 8.35. The zero-order valence-corrected chi connectivity index (χ0v) is 23.7. The molecular formula is C28H30N4O3S3. The van der Waals surface area contributed by atoms with Crippen molar-refractivity contribution >= 4 is 50.3 Å². The third-order valence-corrected chi connectivity index (χ3v) is 9.95. The summed E-state index contributed by atoms with van der Waals surface area (Å²) >= 11 is 6.73. The van der Waals surface area contributed by atoms with Crippen LogP contribution in [0.5, 0.6) is 0 Å². The van der Waals surface area contributed by atoms with Gasteiger partial charge in [-0.05, 0) is 49.6 Å². The molecule has 3 heterocycles. The zero-order valence-electron chi connectivity index (χ0n) is 21.2. The van der Waals surface area contributed by atoms with Crippen LogP contribution >= 0.6 is 24.0 Å². The first-order valence-electron chi connectivity index (χ1n) is 12.9. The van der Waals surface area contributed by atoms with Crippen LogP contribution in [0.4, 0.5) is 0 Å². The first kappa shape index (κ1) is 26.8. The van der Waals surface area contributed by atoms with Gasteiger partial charge in [0.2, 0.25) is 10.0 Å². The van der Waals surface area contributed by atoms with Crippen LogP contribution in [0.1, 0.15) is 44.6 Å². The van der Waals surface area contributed by atoms with Gasteiger partial charge in [-0.3, -0.25) is 9.69 Å². The Labute approximate surface area is 233 Å². The van der Waals surface area contributed by atoms with E-state index in [0.29, 0.717) is 40.1 Å². The predicted octanol–water partition coefficient (Wildman–Crippen LogP) is 5.72. The van der Waals surface area contributed by atoms with Gasteiger partial charge >= 0.3 is 0 Å². The van der Waals surface area contributed by atoms with E-state index in [2.05, 4.69) is 0 Å². The first-order valence-corrected chi connectivity index (χ1v) is 15.6. The summed E-state index contributed by atoms with van der Waals surface area (Å²) in [5.74, 6) is -0.113. The molecule has 10 heteroatoms. The van der Waals surface area contributed by atoms with E-state index in [1.807, 2.05) is 55.6 Å². The van der Waals surface area contributed by atoms with Crippen LogP contribution in [0.15, 0.2) is 70.6 Å². The first-order chi connectivity index (χ1) is 18.4. The summed E-state index contributed by atoms with van der Waals surface area (Å²) in [4.78, 5) is 15.5. The molecule has 2 fully saturated rings. The normalized spacial score (nSPS) is 18.3. The monoisotopic (exact) mass is 566 g/mol. The van der Waals surface area contributed by atoms with Crippen LogP contribution in [0.3, 0.4) is 0 Å². The van der Waals surface area contributed by atoms with Crippen LogP contribution in [0.2, 0.25) is 0 Å². The Kier molecular flexibility index (Phi) is 8.13. The van der Waals surface area contributed by atoms with E-state index in [4.69, 9.17) is 17.3 Å². The van der Waals surface area contributed by atoms with Gasteiger partial charge in [0, 0.05) is 37.0 Å². The topological polar surface area (TPSA) is 75.5 Å². The fourth-order valence-electron chi connectivity index (χ4n) is 4.72. The minimum atomic E-state index is -3.62.